The Hall–Kier alpha value is -0.290. The van der Waals surface area contributed by atoms with Gasteiger partial charge in [-0.05, 0) is 46.1 Å². The zero-order valence-corrected chi connectivity index (χ0v) is 11.7. The van der Waals surface area contributed by atoms with E-state index in [4.69, 9.17) is 0 Å². The lowest BCUT2D eigenvalue weighted by Crippen LogP contribution is -2.56. The molecule has 3 atom stereocenters. The Morgan fingerprint density at radius 1 is 1.28 bits per heavy atom. The number of halogens is 3. The Labute approximate surface area is 108 Å². The van der Waals surface area contributed by atoms with Gasteiger partial charge in [-0.15, -0.1) is 0 Å². The molecule has 0 aromatic heterocycles. The van der Waals surface area contributed by atoms with Crippen LogP contribution in [0.5, 0.6) is 0 Å². The van der Waals surface area contributed by atoms with E-state index >= 15 is 0 Å². The molecule has 2 nitrogen and oxygen atoms in total. The minimum atomic E-state index is -4.12. The van der Waals surface area contributed by atoms with E-state index in [1.54, 1.807) is 4.90 Å². The van der Waals surface area contributed by atoms with E-state index in [1.165, 1.54) is 0 Å². The molecule has 1 rings (SSSR count). The highest BCUT2D eigenvalue weighted by Crippen LogP contribution is 2.31. The average Bonchev–Trinajstić information content (AvgIpc) is 2.24. The van der Waals surface area contributed by atoms with Crippen molar-refractivity contribution in [3.63, 3.8) is 0 Å². The molecule has 0 amide bonds. The molecule has 1 N–H and O–H groups in total. The molecule has 0 aromatic rings. The van der Waals surface area contributed by atoms with Crippen LogP contribution >= 0.6 is 0 Å². The molecule has 3 unspecified atom stereocenters. The van der Waals surface area contributed by atoms with Crippen LogP contribution in [0.2, 0.25) is 0 Å². The van der Waals surface area contributed by atoms with Crippen LogP contribution in [0, 0.1) is 5.92 Å². The Balaban J connectivity index is 2.81. The zero-order valence-electron chi connectivity index (χ0n) is 11.7. The quantitative estimate of drug-likeness (QED) is 0.841. The summed E-state index contributed by atoms with van der Waals surface area (Å²) in [5.41, 5.74) is 0. The van der Waals surface area contributed by atoms with Gasteiger partial charge >= 0.3 is 6.18 Å². The summed E-state index contributed by atoms with van der Waals surface area (Å²) < 4.78 is 38.1. The second kappa shape index (κ2) is 6.24. The van der Waals surface area contributed by atoms with E-state index < -0.39 is 12.7 Å². The molecule has 5 heteroatoms. The Bertz CT molecular complexity index is 253. The number of nitrogens with one attached hydrogen (secondary N) is 1. The summed E-state index contributed by atoms with van der Waals surface area (Å²) in [4.78, 5) is 1.61. The molecule has 0 aromatic carbocycles. The van der Waals surface area contributed by atoms with Crippen molar-refractivity contribution in [3.05, 3.63) is 0 Å². The summed E-state index contributed by atoms with van der Waals surface area (Å²) in [5, 5.41) is 3.19. The lowest BCUT2D eigenvalue weighted by atomic mass is 9.82. The summed E-state index contributed by atoms with van der Waals surface area (Å²) in [7, 11) is 1.85. The fourth-order valence-corrected chi connectivity index (χ4v) is 2.94. The van der Waals surface area contributed by atoms with Gasteiger partial charge < -0.3 is 5.32 Å². The van der Waals surface area contributed by atoms with E-state index in [-0.39, 0.29) is 18.1 Å². The number of alkyl halides is 3. The normalized spacial score (nSPS) is 30.2. The molecule has 0 heterocycles. The largest absolute Gasteiger partial charge is 0.401 e. The summed E-state index contributed by atoms with van der Waals surface area (Å²) >= 11 is 0. The smallest absolute Gasteiger partial charge is 0.315 e. The molecule has 18 heavy (non-hydrogen) atoms. The third-order valence-electron chi connectivity index (χ3n) is 3.90. The Morgan fingerprint density at radius 2 is 1.89 bits per heavy atom. The summed E-state index contributed by atoms with van der Waals surface area (Å²) in [5.74, 6) is 0.508. The lowest BCUT2D eigenvalue weighted by molar-refractivity contribution is -0.158. The van der Waals surface area contributed by atoms with Crippen molar-refractivity contribution in [2.45, 2.75) is 64.3 Å². The molecule has 108 valence electrons. The standard InChI is InChI=1S/C13H25F3N2/c1-9(2)18(8-13(14,15)16)12-7-10(3)5-6-11(12)17-4/h9-12,17H,5-8H2,1-4H3. The maximum Gasteiger partial charge on any atom is 0.401 e. The molecule has 0 bridgehead atoms. The Morgan fingerprint density at radius 3 is 2.33 bits per heavy atom. The number of hydrogen-bond donors (Lipinski definition) is 1. The van der Waals surface area contributed by atoms with Crippen LogP contribution in [0.3, 0.4) is 0 Å². The molecular weight excluding hydrogens is 241 g/mol. The highest BCUT2D eigenvalue weighted by molar-refractivity contribution is 4.91. The monoisotopic (exact) mass is 266 g/mol. The van der Waals surface area contributed by atoms with Crippen molar-refractivity contribution in [1.29, 1.82) is 0 Å². The molecule has 1 saturated carbocycles. The first-order valence-electron chi connectivity index (χ1n) is 6.74. The van der Waals surface area contributed by atoms with Crippen molar-refractivity contribution in [2.75, 3.05) is 13.6 Å². The van der Waals surface area contributed by atoms with Gasteiger partial charge in [0.25, 0.3) is 0 Å². The third-order valence-corrected chi connectivity index (χ3v) is 3.90. The zero-order chi connectivity index (χ0) is 13.9. The van der Waals surface area contributed by atoms with Crippen molar-refractivity contribution in [3.8, 4) is 0 Å². The number of hydrogen-bond acceptors (Lipinski definition) is 2. The van der Waals surface area contributed by atoms with Gasteiger partial charge in [0.15, 0.2) is 0 Å². The van der Waals surface area contributed by atoms with Crippen LogP contribution in [-0.2, 0) is 0 Å². The molecule has 1 aliphatic carbocycles. The van der Waals surface area contributed by atoms with Crippen LogP contribution in [-0.4, -0.2) is 42.8 Å². The summed E-state index contributed by atoms with van der Waals surface area (Å²) in [6, 6.07) is 0.0732. The fourth-order valence-electron chi connectivity index (χ4n) is 2.94. The van der Waals surface area contributed by atoms with E-state index in [0.717, 1.165) is 19.3 Å². The van der Waals surface area contributed by atoms with Gasteiger partial charge in [0.1, 0.15) is 0 Å². The van der Waals surface area contributed by atoms with Crippen LogP contribution in [0.1, 0.15) is 40.0 Å². The predicted octanol–water partition coefficient (Wildman–Crippen LogP) is 3.04. The van der Waals surface area contributed by atoms with Crippen molar-refractivity contribution in [2.24, 2.45) is 5.92 Å². The van der Waals surface area contributed by atoms with E-state index in [2.05, 4.69) is 12.2 Å². The van der Waals surface area contributed by atoms with Gasteiger partial charge in [0.05, 0.1) is 6.54 Å². The second-order valence-corrected chi connectivity index (χ2v) is 5.76. The van der Waals surface area contributed by atoms with Crippen molar-refractivity contribution in [1.82, 2.24) is 10.2 Å². The predicted molar refractivity (Wildman–Crippen MR) is 67.5 cm³/mol. The first-order chi connectivity index (χ1) is 8.24. The Kier molecular flexibility index (Phi) is 5.46. The summed E-state index contributed by atoms with van der Waals surface area (Å²) in [6.45, 7) is 5.01. The van der Waals surface area contributed by atoms with E-state index in [1.807, 2.05) is 20.9 Å². The number of nitrogens with zero attached hydrogens (tertiary/aromatic N) is 1. The first-order valence-corrected chi connectivity index (χ1v) is 6.74. The maximum atomic E-state index is 12.7. The minimum absolute atomic E-state index is 0.0135. The number of likely N-dealkylation sites (N-methyl/N-ethyl adjacent to an activating group) is 1. The molecular formula is C13H25F3N2. The molecule has 0 spiro atoms. The highest BCUT2D eigenvalue weighted by Gasteiger charge is 2.39. The van der Waals surface area contributed by atoms with Crippen LogP contribution < -0.4 is 5.32 Å². The molecule has 0 radical (unpaired) electrons. The number of rotatable bonds is 4. The highest BCUT2D eigenvalue weighted by atomic mass is 19.4. The SMILES string of the molecule is CNC1CCC(C)CC1N(CC(F)(F)F)C(C)C. The topological polar surface area (TPSA) is 15.3 Å². The van der Waals surface area contributed by atoms with E-state index in [0.29, 0.717) is 5.92 Å². The molecule has 1 fully saturated rings. The van der Waals surface area contributed by atoms with Crippen LogP contribution in [0.25, 0.3) is 0 Å². The van der Waals surface area contributed by atoms with Gasteiger partial charge in [-0.1, -0.05) is 6.92 Å². The van der Waals surface area contributed by atoms with Gasteiger partial charge in [-0.3, -0.25) is 4.90 Å². The fraction of sp³-hybridized carbons (Fsp3) is 1.00. The average molecular weight is 266 g/mol. The van der Waals surface area contributed by atoms with Gasteiger partial charge in [0.2, 0.25) is 0 Å². The van der Waals surface area contributed by atoms with Crippen molar-refractivity contribution < 1.29 is 13.2 Å². The third kappa shape index (κ3) is 4.43. The maximum absolute atomic E-state index is 12.7. The van der Waals surface area contributed by atoms with E-state index in [9.17, 15) is 13.2 Å². The van der Waals surface area contributed by atoms with Crippen molar-refractivity contribution >= 4 is 0 Å². The summed E-state index contributed by atoms with van der Waals surface area (Å²) in [6.07, 6.45) is -1.22. The van der Waals surface area contributed by atoms with Crippen LogP contribution in [0.4, 0.5) is 13.2 Å². The van der Waals surface area contributed by atoms with Gasteiger partial charge in [0, 0.05) is 18.1 Å². The molecule has 0 saturated heterocycles. The molecule has 1 aliphatic rings. The van der Waals surface area contributed by atoms with Gasteiger partial charge in [-0.2, -0.15) is 13.2 Å². The second-order valence-electron chi connectivity index (χ2n) is 5.76. The van der Waals surface area contributed by atoms with Gasteiger partial charge in [-0.25, -0.2) is 0 Å². The van der Waals surface area contributed by atoms with Crippen LogP contribution in [0.15, 0.2) is 0 Å². The minimum Gasteiger partial charge on any atom is -0.315 e. The molecule has 0 aliphatic heterocycles. The lowest BCUT2D eigenvalue weighted by Gasteiger charge is -2.44. The first kappa shape index (κ1) is 15.8.